The van der Waals surface area contributed by atoms with Crippen molar-refractivity contribution < 1.29 is 14.4 Å². The van der Waals surface area contributed by atoms with Crippen molar-refractivity contribution in [2.24, 2.45) is 0 Å². The Kier molecular flexibility index (Phi) is 12.6. The lowest BCUT2D eigenvalue weighted by Crippen LogP contribution is -2.49. The summed E-state index contributed by atoms with van der Waals surface area (Å²) in [5, 5.41) is 5.72. The highest BCUT2D eigenvalue weighted by Gasteiger charge is 2.27. The van der Waals surface area contributed by atoms with E-state index in [4.69, 9.17) is 0 Å². The summed E-state index contributed by atoms with van der Waals surface area (Å²) in [6.45, 7) is 9.16. The summed E-state index contributed by atoms with van der Waals surface area (Å²) in [5.41, 5.74) is 0. The van der Waals surface area contributed by atoms with Crippen LogP contribution in [0.4, 0.5) is 0 Å². The highest BCUT2D eigenvalue weighted by atomic mass is 32.2. The van der Waals surface area contributed by atoms with E-state index >= 15 is 0 Å². The molecule has 1 unspecified atom stereocenters. The molecule has 0 heterocycles. The van der Waals surface area contributed by atoms with E-state index in [9.17, 15) is 14.4 Å². The molecule has 0 saturated carbocycles. The molecule has 0 radical (unpaired) electrons. The van der Waals surface area contributed by atoms with Gasteiger partial charge in [-0.25, -0.2) is 0 Å². The highest BCUT2D eigenvalue weighted by molar-refractivity contribution is 8.00. The molecule has 7 heteroatoms. The second-order valence-electron chi connectivity index (χ2n) is 7.59. The number of hydrogen-bond donors (Lipinski definition) is 2. The smallest absolute Gasteiger partial charge is 0.243 e. The zero-order chi connectivity index (χ0) is 20.2. The highest BCUT2D eigenvalue weighted by Crippen LogP contribution is 2.24. The van der Waals surface area contributed by atoms with Gasteiger partial charge in [-0.3, -0.25) is 14.4 Å². The third kappa shape index (κ3) is 12.3. The fourth-order valence-electron chi connectivity index (χ4n) is 2.39. The lowest BCUT2D eigenvalue weighted by molar-refractivity contribution is -0.140. The summed E-state index contributed by atoms with van der Waals surface area (Å²) in [5.74, 6) is 0.642. The van der Waals surface area contributed by atoms with Gasteiger partial charge >= 0.3 is 0 Å². The van der Waals surface area contributed by atoms with Gasteiger partial charge in [0.2, 0.25) is 11.8 Å². The van der Waals surface area contributed by atoms with Crippen LogP contribution in [0.25, 0.3) is 0 Å². The van der Waals surface area contributed by atoms with Crippen molar-refractivity contribution in [3.8, 4) is 0 Å². The maximum atomic E-state index is 12.4. The van der Waals surface area contributed by atoms with Crippen molar-refractivity contribution in [2.45, 2.75) is 70.6 Å². The molecule has 6 nitrogen and oxygen atoms in total. The average Bonchev–Trinajstić information content (AvgIpc) is 2.53. The monoisotopic (exact) mass is 387 g/mol. The first-order chi connectivity index (χ1) is 12.1. The third-order valence-electron chi connectivity index (χ3n) is 3.89. The molecule has 0 aromatic heterocycles. The number of nitrogens with zero attached hydrogens (tertiary/aromatic N) is 1. The van der Waals surface area contributed by atoms with Gasteiger partial charge in [0, 0.05) is 37.7 Å². The van der Waals surface area contributed by atoms with E-state index in [1.807, 2.05) is 11.8 Å². The number of rotatable bonds is 13. The molecular formula is C19H37N3O3S. The van der Waals surface area contributed by atoms with Gasteiger partial charge in [0.25, 0.3) is 0 Å². The van der Waals surface area contributed by atoms with Crippen LogP contribution in [0.1, 0.15) is 59.8 Å². The second kappa shape index (κ2) is 13.1. The quantitative estimate of drug-likeness (QED) is 0.474. The molecule has 2 amide bonds. The molecule has 0 aromatic rings. The van der Waals surface area contributed by atoms with Crippen molar-refractivity contribution in [3.63, 3.8) is 0 Å². The Morgan fingerprint density at radius 3 is 2.27 bits per heavy atom. The molecule has 152 valence electrons. The zero-order valence-electron chi connectivity index (χ0n) is 17.3. The molecule has 0 aliphatic carbocycles. The first-order valence-electron chi connectivity index (χ1n) is 9.40. The van der Waals surface area contributed by atoms with Crippen LogP contribution in [-0.2, 0) is 14.4 Å². The molecular weight excluding hydrogens is 350 g/mol. The topological polar surface area (TPSA) is 78.5 Å². The summed E-state index contributed by atoms with van der Waals surface area (Å²) < 4.78 is 0.274. The normalized spacial score (nSPS) is 12.5. The predicted molar refractivity (Wildman–Crippen MR) is 109 cm³/mol. The molecule has 0 bridgehead atoms. The third-order valence-corrected chi connectivity index (χ3v) is 5.25. The number of unbranched alkanes of at least 4 members (excludes halogenated alkanes) is 2. The minimum absolute atomic E-state index is 0.0514. The summed E-state index contributed by atoms with van der Waals surface area (Å²) >= 11 is 1.93. The van der Waals surface area contributed by atoms with Gasteiger partial charge < -0.3 is 15.5 Å². The number of hydrogen-bond acceptors (Lipinski definition) is 5. The van der Waals surface area contributed by atoms with Crippen LogP contribution in [0, 0.1) is 0 Å². The number of amides is 2. The van der Waals surface area contributed by atoms with E-state index in [-0.39, 0.29) is 28.8 Å². The molecule has 0 saturated heterocycles. The fraction of sp³-hybridized carbons (Fsp3) is 0.842. The summed E-state index contributed by atoms with van der Waals surface area (Å²) in [6.07, 6.45) is 3.35. The minimum Gasteiger partial charge on any atom is -0.353 e. The van der Waals surface area contributed by atoms with Gasteiger partial charge in [0.05, 0.1) is 0 Å². The maximum Gasteiger partial charge on any atom is 0.243 e. The summed E-state index contributed by atoms with van der Waals surface area (Å²) in [6, 6.07) is -0.728. The van der Waals surface area contributed by atoms with Crippen LogP contribution in [0.15, 0.2) is 0 Å². The van der Waals surface area contributed by atoms with Gasteiger partial charge in [-0.05, 0) is 32.6 Å². The number of Topliss-reactive ketones (excluding diaryl/α,β-unsaturated/α-hetero) is 1. The second-order valence-corrected chi connectivity index (χ2v) is 9.51. The van der Waals surface area contributed by atoms with Crippen molar-refractivity contribution >= 4 is 29.4 Å². The van der Waals surface area contributed by atoms with E-state index in [1.54, 1.807) is 14.1 Å². The SMILES string of the molecule is CNCCNC(=O)C(CC(C)=O)N(C)C(=O)CCCCCSC(C)(C)C. The largest absolute Gasteiger partial charge is 0.353 e. The Morgan fingerprint density at radius 2 is 1.73 bits per heavy atom. The van der Waals surface area contributed by atoms with Crippen LogP contribution >= 0.6 is 11.8 Å². The van der Waals surface area contributed by atoms with Gasteiger partial charge in [-0.2, -0.15) is 11.8 Å². The van der Waals surface area contributed by atoms with Gasteiger partial charge in [-0.1, -0.05) is 27.2 Å². The van der Waals surface area contributed by atoms with Crippen LogP contribution < -0.4 is 10.6 Å². The molecule has 0 spiro atoms. The fourth-order valence-corrected chi connectivity index (χ4v) is 3.35. The van der Waals surface area contributed by atoms with Gasteiger partial charge in [-0.15, -0.1) is 0 Å². The number of likely N-dealkylation sites (N-methyl/N-ethyl adjacent to an activating group) is 2. The predicted octanol–water partition coefficient (Wildman–Crippen LogP) is 2.22. The molecule has 0 rings (SSSR count). The Balaban J connectivity index is 4.37. The molecule has 1 atom stereocenters. The number of nitrogens with one attached hydrogen (secondary N) is 2. The minimum atomic E-state index is -0.728. The van der Waals surface area contributed by atoms with E-state index < -0.39 is 6.04 Å². The first kappa shape index (κ1) is 24.9. The number of carbonyl (C=O) groups is 3. The molecule has 0 aliphatic heterocycles. The lowest BCUT2D eigenvalue weighted by atomic mass is 10.1. The molecule has 2 N–H and O–H groups in total. The number of ketones is 1. The molecule has 0 aliphatic rings. The van der Waals surface area contributed by atoms with Crippen LogP contribution in [0.3, 0.4) is 0 Å². The zero-order valence-corrected chi connectivity index (χ0v) is 18.1. The number of carbonyl (C=O) groups excluding carboxylic acids is 3. The Bertz CT molecular complexity index is 450. The summed E-state index contributed by atoms with van der Waals surface area (Å²) in [7, 11) is 3.41. The van der Waals surface area contributed by atoms with Gasteiger partial charge in [0.1, 0.15) is 11.8 Å². The van der Waals surface area contributed by atoms with Crippen molar-refractivity contribution in [3.05, 3.63) is 0 Å². The van der Waals surface area contributed by atoms with E-state index in [0.29, 0.717) is 19.5 Å². The van der Waals surface area contributed by atoms with Crippen molar-refractivity contribution in [1.82, 2.24) is 15.5 Å². The van der Waals surface area contributed by atoms with E-state index in [0.717, 1.165) is 25.0 Å². The maximum absolute atomic E-state index is 12.4. The molecule has 26 heavy (non-hydrogen) atoms. The standard InChI is InChI=1S/C19H37N3O3S/c1-15(23)14-16(18(25)21-12-11-20-5)22(6)17(24)10-8-7-9-13-26-19(2,3)4/h16,20H,7-14H2,1-6H3,(H,21,25). The molecule has 0 fully saturated rings. The van der Waals surface area contributed by atoms with Crippen LogP contribution in [-0.4, -0.2) is 66.2 Å². The summed E-state index contributed by atoms with van der Waals surface area (Å²) in [4.78, 5) is 37.7. The van der Waals surface area contributed by atoms with Crippen molar-refractivity contribution in [2.75, 3.05) is 32.9 Å². The first-order valence-corrected chi connectivity index (χ1v) is 10.4. The van der Waals surface area contributed by atoms with Crippen LogP contribution in [0.5, 0.6) is 0 Å². The average molecular weight is 388 g/mol. The lowest BCUT2D eigenvalue weighted by Gasteiger charge is -2.27. The van der Waals surface area contributed by atoms with Crippen LogP contribution in [0.2, 0.25) is 0 Å². The Morgan fingerprint density at radius 1 is 1.08 bits per heavy atom. The van der Waals surface area contributed by atoms with Gasteiger partial charge in [0.15, 0.2) is 0 Å². The van der Waals surface area contributed by atoms with Crippen molar-refractivity contribution in [1.29, 1.82) is 0 Å². The molecule has 0 aromatic carbocycles. The van der Waals surface area contributed by atoms with E-state index in [2.05, 4.69) is 31.4 Å². The number of thioether (sulfide) groups is 1. The van der Waals surface area contributed by atoms with E-state index in [1.165, 1.54) is 11.8 Å². The Hall–Kier alpha value is -1.08. The Labute approximate surface area is 163 Å².